The Morgan fingerprint density at radius 3 is 2.29 bits per heavy atom. The fourth-order valence-electron chi connectivity index (χ4n) is 3.71. The van der Waals surface area contributed by atoms with E-state index in [1.807, 2.05) is 12.1 Å². The van der Waals surface area contributed by atoms with Gasteiger partial charge < -0.3 is 15.1 Å². The first-order valence-electron chi connectivity index (χ1n) is 8.99. The molecular formula is C18H28FN3O2. The molecule has 0 aromatic heterocycles. The highest BCUT2D eigenvalue weighted by Gasteiger charge is 2.27. The SMILES string of the molecule is OC1CCCC(O)N1CCCN1CCN(c2ccccc2F)CC1. The third-order valence-corrected chi connectivity index (χ3v) is 5.15. The lowest BCUT2D eigenvalue weighted by atomic mass is 10.1. The summed E-state index contributed by atoms with van der Waals surface area (Å²) in [5.74, 6) is -0.154. The maximum Gasteiger partial charge on any atom is 0.146 e. The molecule has 2 N–H and O–H groups in total. The van der Waals surface area contributed by atoms with Crippen LogP contribution in [0.25, 0.3) is 0 Å². The van der Waals surface area contributed by atoms with Crippen molar-refractivity contribution in [1.29, 1.82) is 0 Å². The largest absolute Gasteiger partial charge is 0.378 e. The average Bonchev–Trinajstić information content (AvgIpc) is 2.59. The Labute approximate surface area is 143 Å². The van der Waals surface area contributed by atoms with Crippen molar-refractivity contribution in [3.05, 3.63) is 30.1 Å². The molecule has 2 unspecified atom stereocenters. The smallest absolute Gasteiger partial charge is 0.146 e. The summed E-state index contributed by atoms with van der Waals surface area (Å²) in [5, 5.41) is 19.9. The van der Waals surface area contributed by atoms with E-state index in [4.69, 9.17) is 0 Å². The van der Waals surface area contributed by atoms with Crippen LogP contribution in [0.5, 0.6) is 0 Å². The Hall–Kier alpha value is -1.21. The second-order valence-corrected chi connectivity index (χ2v) is 6.76. The van der Waals surface area contributed by atoms with Crippen molar-refractivity contribution in [2.24, 2.45) is 0 Å². The van der Waals surface area contributed by atoms with Crippen LogP contribution in [0.4, 0.5) is 10.1 Å². The molecule has 0 saturated carbocycles. The zero-order chi connectivity index (χ0) is 16.9. The van der Waals surface area contributed by atoms with Crippen LogP contribution in [-0.4, -0.2) is 71.7 Å². The summed E-state index contributed by atoms with van der Waals surface area (Å²) in [5.41, 5.74) is 0.691. The number of para-hydroxylation sites is 1. The van der Waals surface area contributed by atoms with Crippen LogP contribution in [0.2, 0.25) is 0 Å². The molecule has 24 heavy (non-hydrogen) atoms. The van der Waals surface area contributed by atoms with Crippen LogP contribution in [0.15, 0.2) is 24.3 Å². The third-order valence-electron chi connectivity index (χ3n) is 5.15. The van der Waals surface area contributed by atoms with Gasteiger partial charge in [-0.25, -0.2) is 4.39 Å². The molecule has 2 aliphatic rings. The molecule has 0 aliphatic carbocycles. The van der Waals surface area contributed by atoms with Crippen LogP contribution in [0, 0.1) is 5.82 Å². The zero-order valence-corrected chi connectivity index (χ0v) is 14.1. The van der Waals surface area contributed by atoms with Crippen LogP contribution < -0.4 is 4.90 Å². The van der Waals surface area contributed by atoms with Crippen molar-refractivity contribution in [2.45, 2.75) is 38.1 Å². The number of anilines is 1. The Kier molecular flexibility index (Phi) is 6.05. The molecule has 0 amide bonds. The van der Waals surface area contributed by atoms with Crippen LogP contribution in [0.3, 0.4) is 0 Å². The van der Waals surface area contributed by atoms with Gasteiger partial charge in [-0.15, -0.1) is 0 Å². The third kappa shape index (κ3) is 4.25. The number of aliphatic hydroxyl groups excluding tert-OH is 2. The summed E-state index contributed by atoms with van der Waals surface area (Å²) in [6.07, 6.45) is 2.29. The van der Waals surface area contributed by atoms with Gasteiger partial charge in [-0.1, -0.05) is 12.1 Å². The van der Waals surface area contributed by atoms with Crippen molar-refractivity contribution in [3.8, 4) is 0 Å². The molecule has 2 saturated heterocycles. The summed E-state index contributed by atoms with van der Waals surface area (Å²) in [6.45, 7) is 5.15. The maximum absolute atomic E-state index is 13.8. The maximum atomic E-state index is 13.8. The monoisotopic (exact) mass is 337 g/mol. The number of hydrogen-bond acceptors (Lipinski definition) is 5. The van der Waals surface area contributed by atoms with Crippen molar-refractivity contribution in [1.82, 2.24) is 9.80 Å². The molecule has 2 fully saturated rings. The highest BCUT2D eigenvalue weighted by molar-refractivity contribution is 5.47. The normalized spacial score (nSPS) is 26.7. The molecule has 2 heterocycles. The van der Waals surface area contributed by atoms with Gasteiger partial charge in [0.25, 0.3) is 0 Å². The molecule has 3 rings (SSSR count). The number of hydrogen-bond donors (Lipinski definition) is 2. The molecule has 2 aliphatic heterocycles. The molecule has 1 aromatic carbocycles. The van der Waals surface area contributed by atoms with Crippen LogP contribution in [-0.2, 0) is 0 Å². The number of rotatable bonds is 5. The highest BCUT2D eigenvalue weighted by Crippen LogP contribution is 2.21. The van der Waals surface area contributed by atoms with Gasteiger partial charge in [-0.3, -0.25) is 9.80 Å². The first-order valence-corrected chi connectivity index (χ1v) is 8.99. The Morgan fingerprint density at radius 2 is 1.62 bits per heavy atom. The summed E-state index contributed by atoms with van der Waals surface area (Å²) in [6, 6.07) is 6.94. The van der Waals surface area contributed by atoms with Crippen molar-refractivity contribution in [3.63, 3.8) is 0 Å². The minimum Gasteiger partial charge on any atom is -0.378 e. The first kappa shape index (κ1) is 17.6. The lowest BCUT2D eigenvalue weighted by molar-refractivity contribution is -0.131. The molecular weight excluding hydrogens is 309 g/mol. The number of piperidine rings is 1. The van der Waals surface area contributed by atoms with E-state index in [1.165, 1.54) is 6.07 Å². The Morgan fingerprint density at radius 1 is 0.958 bits per heavy atom. The second-order valence-electron chi connectivity index (χ2n) is 6.76. The summed E-state index contributed by atoms with van der Waals surface area (Å²) in [4.78, 5) is 6.28. The molecule has 6 heteroatoms. The zero-order valence-electron chi connectivity index (χ0n) is 14.1. The van der Waals surface area contributed by atoms with E-state index in [-0.39, 0.29) is 5.82 Å². The molecule has 0 bridgehead atoms. The van der Waals surface area contributed by atoms with E-state index in [9.17, 15) is 14.6 Å². The van der Waals surface area contributed by atoms with Crippen LogP contribution >= 0.6 is 0 Å². The number of piperazine rings is 1. The number of halogens is 1. The predicted molar refractivity (Wildman–Crippen MR) is 92.2 cm³/mol. The lowest BCUT2D eigenvalue weighted by Gasteiger charge is -2.38. The van der Waals surface area contributed by atoms with Gasteiger partial charge in [0, 0.05) is 32.7 Å². The second kappa shape index (κ2) is 8.25. The minimum atomic E-state index is -0.508. The molecule has 0 spiro atoms. The quantitative estimate of drug-likeness (QED) is 0.852. The van der Waals surface area contributed by atoms with Gasteiger partial charge in [-0.05, 0) is 44.4 Å². The number of nitrogens with zero attached hydrogens (tertiary/aromatic N) is 3. The van der Waals surface area contributed by atoms with E-state index in [0.717, 1.165) is 65.0 Å². The lowest BCUT2D eigenvalue weighted by Crippen LogP contribution is -2.49. The molecule has 0 radical (unpaired) electrons. The Bertz CT molecular complexity index is 513. The number of benzene rings is 1. The van der Waals surface area contributed by atoms with Gasteiger partial charge in [0.2, 0.25) is 0 Å². The average molecular weight is 337 g/mol. The number of aliphatic hydroxyl groups is 2. The molecule has 5 nitrogen and oxygen atoms in total. The van der Waals surface area contributed by atoms with Gasteiger partial charge in [-0.2, -0.15) is 0 Å². The fourth-order valence-corrected chi connectivity index (χ4v) is 3.71. The molecule has 134 valence electrons. The van der Waals surface area contributed by atoms with Crippen molar-refractivity contribution >= 4 is 5.69 Å². The summed E-state index contributed by atoms with van der Waals surface area (Å²) < 4.78 is 13.8. The Balaban J connectivity index is 1.40. The van der Waals surface area contributed by atoms with Crippen molar-refractivity contribution in [2.75, 3.05) is 44.2 Å². The highest BCUT2D eigenvalue weighted by atomic mass is 19.1. The summed E-state index contributed by atoms with van der Waals surface area (Å²) in [7, 11) is 0. The first-order chi connectivity index (χ1) is 11.6. The standard InChI is InChI=1S/C18H28FN3O2/c19-15-5-1-2-6-16(15)21-13-11-20(12-14-21)9-4-10-22-17(23)7-3-8-18(22)24/h1-2,5-6,17-18,23-24H,3-4,7-14H2. The fraction of sp³-hybridized carbons (Fsp3) is 0.667. The van der Waals surface area contributed by atoms with E-state index in [1.54, 1.807) is 11.0 Å². The molecule has 1 aromatic rings. The van der Waals surface area contributed by atoms with E-state index < -0.39 is 12.5 Å². The van der Waals surface area contributed by atoms with Gasteiger partial charge >= 0.3 is 0 Å². The van der Waals surface area contributed by atoms with Gasteiger partial charge in [0.1, 0.15) is 18.3 Å². The van der Waals surface area contributed by atoms with Crippen LogP contribution in [0.1, 0.15) is 25.7 Å². The molecule has 2 atom stereocenters. The summed E-state index contributed by atoms with van der Waals surface area (Å²) >= 11 is 0. The van der Waals surface area contributed by atoms with Crippen molar-refractivity contribution < 1.29 is 14.6 Å². The number of likely N-dealkylation sites (tertiary alicyclic amines) is 1. The topological polar surface area (TPSA) is 50.2 Å². The van der Waals surface area contributed by atoms with E-state index in [2.05, 4.69) is 9.80 Å². The van der Waals surface area contributed by atoms with E-state index >= 15 is 0 Å². The van der Waals surface area contributed by atoms with Gasteiger partial charge in [0.15, 0.2) is 0 Å². The minimum absolute atomic E-state index is 0.154. The van der Waals surface area contributed by atoms with Gasteiger partial charge in [0.05, 0.1) is 5.69 Å². The predicted octanol–water partition coefficient (Wildman–Crippen LogP) is 1.46. The van der Waals surface area contributed by atoms with E-state index in [0.29, 0.717) is 5.69 Å².